The molecule has 8 heteroatoms. The van der Waals surface area contributed by atoms with Gasteiger partial charge in [0.1, 0.15) is 17.1 Å². The lowest BCUT2D eigenvalue weighted by atomic mass is 9.83. The minimum Gasteiger partial charge on any atom is -0.507 e. The van der Waals surface area contributed by atoms with Crippen LogP contribution in [0.5, 0.6) is 5.75 Å². The number of Topliss-reactive ketones (excluding diaryl/α,β-unsaturated/α-hetero) is 1. The number of benzene rings is 1. The standard InChI is InChI=1S/C27H34F3NO4/c1-16(7-5-6-12-31)23-15-22(32)24(26(34)35-23)25(33)19(4)17(2)14-21-9-8-20(13-18(21)3)10-11-27(28,29)30/h8-9,12-13,15-17,19,31-32H,5-7,10-11,14H2,1-4H3. The maximum Gasteiger partial charge on any atom is 0.389 e. The monoisotopic (exact) mass is 493 g/mol. The largest absolute Gasteiger partial charge is 0.507 e. The zero-order valence-corrected chi connectivity index (χ0v) is 20.7. The van der Waals surface area contributed by atoms with E-state index in [0.29, 0.717) is 30.6 Å². The topological polar surface area (TPSA) is 91.4 Å². The second-order valence-electron chi connectivity index (χ2n) is 9.44. The van der Waals surface area contributed by atoms with Crippen molar-refractivity contribution in [2.75, 3.05) is 0 Å². The molecular formula is C27H34F3NO4. The molecule has 0 fully saturated rings. The summed E-state index contributed by atoms with van der Waals surface area (Å²) in [6.07, 6.45) is -1.32. The van der Waals surface area contributed by atoms with Crippen molar-refractivity contribution in [1.29, 1.82) is 5.41 Å². The quantitative estimate of drug-likeness (QED) is 0.194. The van der Waals surface area contributed by atoms with Crippen molar-refractivity contribution in [2.45, 2.75) is 78.3 Å². The predicted molar refractivity (Wildman–Crippen MR) is 130 cm³/mol. The number of unbranched alkanes of at least 4 members (excludes halogenated alkanes) is 1. The van der Waals surface area contributed by atoms with Gasteiger partial charge < -0.3 is 14.9 Å². The van der Waals surface area contributed by atoms with Gasteiger partial charge in [-0.15, -0.1) is 0 Å². The van der Waals surface area contributed by atoms with Crippen molar-refractivity contribution >= 4 is 12.0 Å². The van der Waals surface area contributed by atoms with Gasteiger partial charge in [0.05, 0.1) is 0 Å². The van der Waals surface area contributed by atoms with Gasteiger partial charge in [-0.1, -0.05) is 39.0 Å². The molecule has 0 aliphatic carbocycles. The molecule has 0 saturated heterocycles. The van der Waals surface area contributed by atoms with Crippen LogP contribution in [0.3, 0.4) is 0 Å². The van der Waals surface area contributed by atoms with Crippen LogP contribution < -0.4 is 5.63 Å². The third-order valence-corrected chi connectivity index (χ3v) is 6.58. The van der Waals surface area contributed by atoms with Crippen LogP contribution in [0.15, 0.2) is 33.5 Å². The smallest absolute Gasteiger partial charge is 0.389 e. The Balaban J connectivity index is 2.12. The lowest BCUT2D eigenvalue weighted by Crippen LogP contribution is -2.26. The molecule has 0 spiro atoms. The zero-order valence-electron chi connectivity index (χ0n) is 20.7. The molecule has 0 aliphatic heterocycles. The highest BCUT2D eigenvalue weighted by Gasteiger charge is 2.29. The lowest BCUT2D eigenvalue weighted by molar-refractivity contribution is -0.134. The molecule has 1 aromatic carbocycles. The van der Waals surface area contributed by atoms with E-state index in [4.69, 9.17) is 9.83 Å². The Labute approximate surface area is 203 Å². The number of carbonyl (C=O) groups is 1. The Bertz CT molecular complexity index is 1090. The van der Waals surface area contributed by atoms with Gasteiger partial charge in [-0.3, -0.25) is 4.79 Å². The summed E-state index contributed by atoms with van der Waals surface area (Å²) in [5, 5.41) is 17.6. The zero-order chi connectivity index (χ0) is 26.3. The maximum atomic E-state index is 13.1. The molecule has 0 aliphatic rings. The van der Waals surface area contributed by atoms with Crippen LogP contribution in [0.4, 0.5) is 13.2 Å². The average Bonchev–Trinajstić information content (AvgIpc) is 2.77. The van der Waals surface area contributed by atoms with Crippen molar-refractivity contribution in [3.05, 3.63) is 62.7 Å². The molecule has 2 aromatic rings. The van der Waals surface area contributed by atoms with Crippen molar-refractivity contribution < 1.29 is 27.5 Å². The number of ketones is 1. The van der Waals surface area contributed by atoms with Gasteiger partial charge in [0.15, 0.2) is 5.78 Å². The number of carbonyl (C=O) groups excluding carboxylic acids is 1. The summed E-state index contributed by atoms with van der Waals surface area (Å²) in [5.41, 5.74) is 1.14. The molecule has 2 rings (SSSR count). The number of hydrogen-bond donors (Lipinski definition) is 2. The fourth-order valence-corrected chi connectivity index (χ4v) is 4.08. The van der Waals surface area contributed by atoms with Crippen LogP contribution in [0.1, 0.15) is 85.2 Å². The summed E-state index contributed by atoms with van der Waals surface area (Å²) >= 11 is 0. The molecule has 2 N–H and O–H groups in total. The molecule has 3 atom stereocenters. The highest BCUT2D eigenvalue weighted by molar-refractivity contribution is 5.99. The molecule has 35 heavy (non-hydrogen) atoms. The summed E-state index contributed by atoms with van der Waals surface area (Å²) < 4.78 is 42.8. The predicted octanol–water partition coefficient (Wildman–Crippen LogP) is 6.77. The molecule has 0 radical (unpaired) electrons. The third kappa shape index (κ3) is 8.08. The second kappa shape index (κ2) is 12.2. The first-order valence-electron chi connectivity index (χ1n) is 11.9. The van der Waals surface area contributed by atoms with E-state index in [1.807, 2.05) is 20.8 Å². The molecule has 0 saturated carbocycles. The summed E-state index contributed by atoms with van der Waals surface area (Å²) in [5.74, 6) is -1.53. The van der Waals surface area contributed by atoms with Crippen molar-refractivity contribution in [3.63, 3.8) is 0 Å². The Morgan fingerprint density at radius 3 is 2.46 bits per heavy atom. The maximum absolute atomic E-state index is 13.1. The molecule has 1 heterocycles. The number of nitrogens with one attached hydrogen (secondary N) is 1. The number of hydrogen-bond acceptors (Lipinski definition) is 5. The average molecular weight is 494 g/mol. The van der Waals surface area contributed by atoms with Gasteiger partial charge in [-0.2, -0.15) is 13.2 Å². The highest BCUT2D eigenvalue weighted by atomic mass is 19.4. The Hall–Kier alpha value is -2.90. The van der Waals surface area contributed by atoms with E-state index in [1.54, 1.807) is 25.1 Å². The van der Waals surface area contributed by atoms with Gasteiger partial charge >= 0.3 is 11.8 Å². The first-order valence-corrected chi connectivity index (χ1v) is 11.9. The SMILES string of the molecule is Cc1cc(CCC(F)(F)F)ccc1CC(C)C(C)C(=O)c1c(O)cc(C(C)CCCC=N)oc1=O. The van der Waals surface area contributed by atoms with Crippen molar-refractivity contribution in [1.82, 2.24) is 0 Å². The normalized spacial score (nSPS) is 14.4. The molecule has 0 amide bonds. The Morgan fingerprint density at radius 2 is 1.89 bits per heavy atom. The molecule has 0 bridgehead atoms. The Kier molecular flexibility index (Phi) is 9.86. The number of alkyl halides is 3. The van der Waals surface area contributed by atoms with Gasteiger partial charge in [0.2, 0.25) is 0 Å². The molecule has 1 aromatic heterocycles. The van der Waals surface area contributed by atoms with Crippen LogP contribution in [0.25, 0.3) is 0 Å². The summed E-state index contributed by atoms with van der Waals surface area (Å²) in [4.78, 5) is 25.7. The highest BCUT2D eigenvalue weighted by Crippen LogP contribution is 2.29. The number of halogens is 3. The van der Waals surface area contributed by atoms with E-state index in [-0.39, 0.29) is 23.8 Å². The molecule has 192 valence electrons. The fraction of sp³-hybridized carbons (Fsp3) is 0.519. The van der Waals surface area contributed by atoms with E-state index < -0.39 is 35.7 Å². The van der Waals surface area contributed by atoms with E-state index >= 15 is 0 Å². The summed E-state index contributed by atoms with van der Waals surface area (Å²) in [6, 6.07) is 6.53. The molecule has 3 unspecified atom stereocenters. The molecule has 5 nitrogen and oxygen atoms in total. The van der Waals surface area contributed by atoms with E-state index in [0.717, 1.165) is 17.5 Å². The lowest BCUT2D eigenvalue weighted by Gasteiger charge is -2.20. The number of aromatic hydroxyl groups is 1. The summed E-state index contributed by atoms with van der Waals surface area (Å²) in [6.45, 7) is 7.23. The van der Waals surface area contributed by atoms with Crippen LogP contribution in [-0.2, 0) is 12.8 Å². The molecular weight excluding hydrogens is 459 g/mol. The van der Waals surface area contributed by atoms with Crippen LogP contribution >= 0.6 is 0 Å². The number of aryl methyl sites for hydroxylation is 2. The van der Waals surface area contributed by atoms with Gasteiger partial charge in [0, 0.05) is 24.3 Å². The first-order chi connectivity index (χ1) is 16.3. The van der Waals surface area contributed by atoms with E-state index in [2.05, 4.69) is 0 Å². The van der Waals surface area contributed by atoms with Gasteiger partial charge in [0.25, 0.3) is 0 Å². The van der Waals surface area contributed by atoms with Gasteiger partial charge in [-0.05, 0) is 67.9 Å². The van der Waals surface area contributed by atoms with Crippen LogP contribution in [0.2, 0.25) is 0 Å². The third-order valence-electron chi connectivity index (χ3n) is 6.58. The second-order valence-corrected chi connectivity index (χ2v) is 9.44. The minimum absolute atomic E-state index is 0.0819. The van der Waals surface area contributed by atoms with Crippen molar-refractivity contribution in [3.8, 4) is 5.75 Å². The first kappa shape index (κ1) is 28.3. The summed E-state index contributed by atoms with van der Waals surface area (Å²) in [7, 11) is 0. The van der Waals surface area contributed by atoms with Crippen molar-refractivity contribution in [2.24, 2.45) is 11.8 Å². The fourth-order valence-electron chi connectivity index (χ4n) is 4.08. The Morgan fingerprint density at radius 1 is 1.20 bits per heavy atom. The van der Waals surface area contributed by atoms with E-state index in [1.165, 1.54) is 12.3 Å². The van der Waals surface area contributed by atoms with Crippen LogP contribution in [0, 0.1) is 24.2 Å². The van der Waals surface area contributed by atoms with E-state index in [9.17, 15) is 27.9 Å². The van der Waals surface area contributed by atoms with Crippen LogP contribution in [-0.4, -0.2) is 23.3 Å². The minimum atomic E-state index is -4.20. The van der Waals surface area contributed by atoms with Gasteiger partial charge in [-0.25, -0.2) is 4.79 Å². The number of rotatable bonds is 12.